The molecule has 0 heterocycles. The summed E-state index contributed by atoms with van der Waals surface area (Å²) in [5.41, 5.74) is 0. The smallest absolute Gasteiger partial charge is 0.274 e. The van der Waals surface area contributed by atoms with Gasteiger partial charge in [0.15, 0.2) is 0 Å². The van der Waals surface area contributed by atoms with Crippen molar-refractivity contribution >= 4 is 20.3 Å². The summed E-state index contributed by atoms with van der Waals surface area (Å²) < 4.78 is 16.8. The molecule has 0 amide bonds. The lowest BCUT2D eigenvalue weighted by atomic mass is 15.9. The van der Waals surface area contributed by atoms with Crippen molar-refractivity contribution in [2.75, 3.05) is 0 Å². The summed E-state index contributed by atoms with van der Waals surface area (Å²) in [6.45, 7) is 0. The van der Waals surface area contributed by atoms with Crippen LogP contribution >= 0.6 is 0 Å². The summed E-state index contributed by atoms with van der Waals surface area (Å²) in [6.07, 6.45) is 0. The molecule has 0 saturated carbocycles. The molecule has 0 aliphatic heterocycles. The lowest BCUT2D eigenvalue weighted by molar-refractivity contribution is 0.497. The van der Waals surface area contributed by atoms with Gasteiger partial charge in [-0.05, 0) is 11.0 Å². The third-order valence-corrected chi connectivity index (χ3v) is 0. The highest BCUT2D eigenvalue weighted by Crippen LogP contribution is 0.759. The number of rotatable bonds is 0. The second-order valence-corrected chi connectivity index (χ2v) is 0.250. The van der Waals surface area contributed by atoms with Crippen molar-refractivity contribution in [1.29, 1.82) is 0 Å². The van der Waals surface area contributed by atoms with E-state index in [1.165, 1.54) is 0 Å². The molecular weight excluding hydrogens is 88.2 g/mol. The largest absolute Gasteiger partial charge is 0.549 e. The minimum Gasteiger partial charge on any atom is -0.274 e. The molecule has 0 atom stereocenters. The standard InChI is InChI=1S/O2Si.H4Si/c1-3-2;/h;1H4. The lowest BCUT2D eigenvalue weighted by Gasteiger charge is -0.944. The van der Waals surface area contributed by atoms with Crippen LogP contribution < -0.4 is 0 Å². The van der Waals surface area contributed by atoms with Crippen molar-refractivity contribution in [1.82, 2.24) is 0 Å². The summed E-state index contributed by atoms with van der Waals surface area (Å²) in [5, 5.41) is 0. The van der Waals surface area contributed by atoms with Gasteiger partial charge < -0.3 is 0 Å². The van der Waals surface area contributed by atoms with E-state index in [9.17, 15) is 0 Å². The molecule has 0 radical (unpaired) electrons. The van der Waals surface area contributed by atoms with Gasteiger partial charge in [-0.15, -0.1) is 0 Å². The molecular formula is H4O2Si2. The average molecular weight is 92.2 g/mol. The fraction of sp³-hybridized carbons (Fsp3) is 0. The van der Waals surface area contributed by atoms with Crippen LogP contribution in [-0.4, -0.2) is 20.3 Å². The van der Waals surface area contributed by atoms with Crippen molar-refractivity contribution in [3.8, 4) is 0 Å². The average Bonchev–Trinajstić information content (AvgIpc) is 0.918. The molecule has 0 fully saturated rings. The van der Waals surface area contributed by atoms with Gasteiger partial charge in [0, 0.05) is 0 Å². The van der Waals surface area contributed by atoms with Gasteiger partial charge in [0.2, 0.25) is 0 Å². The van der Waals surface area contributed by atoms with Crippen molar-refractivity contribution in [2.45, 2.75) is 0 Å². The van der Waals surface area contributed by atoms with E-state index < -0.39 is 9.29 Å². The molecule has 0 bridgehead atoms. The van der Waals surface area contributed by atoms with Gasteiger partial charge in [-0.25, -0.2) is 0 Å². The number of hydrogen-bond acceptors (Lipinski definition) is 2. The van der Waals surface area contributed by atoms with E-state index in [0.717, 1.165) is 0 Å². The summed E-state index contributed by atoms with van der Waals surface area (Å²) in [6, 6.07) is 0. The van der Waals surface area contributed by atoms with E-state index in [1.54, 1.807) is 0 Å². The van der Waals surface area contributed by atoms with Crippen LogP contribution in [0.1, 0.15) is 0 Å². The number of hydrogen-bond donors (Lipinski definition) is 0. The maximum Gasteiger partial charge on any atom is 0.549 e. The summed E-state index contributed by atoms with van der Waals surface area (Å²) in [7, 11) is -1.42. The Kier molecular flexibility index (Phi) is 26.3. The van der Waals surface area contributed by atoms with E-state index in [2.05, 4.69) is 0 Å². The van der Waals surface area contributed by atoms with Crippen LogP contribution in [0, 0.1) is 0 Å². The fourth-order valence-electron chi connectivity index (χ4n) is 0. The van der Waals surface area contributed by atoms with Crippen LogP contribution in [0.25, 0.3) is 0 Å². The molecule has 0 rings (SSSR count). The Labute approximate surface area is 30.2 Å². The minimum absolute atomic E-state index is 0. The molecule has 0 aromatic rings. The Morgan fingerprint density at radius 1 is 1.25 bits per heavy atom. The van der Waals surface area contributed by atoms with E-state index in [1.807, 2.05) is 0 Å². The molecule has 0 N–H and O–H groups in total. The highest BCUT2D eigenvalue weighted by atomic mass is 28.2. The topological polar surface area (TPSA) is 34.1 Å². The molecule has 24 valence electrons. The minimum atomic E-state index is -1.42. The first-order chi connectivity index (χ1) is 1.41. The normalized spacial score (nSPS) is 2.00. The zero-order valence-electron chi connectivity index (χ0n) is 1.32. The first kappa shape index (κ1) is 8.98. The van der Waals surface area contributed by atoms with Crippen LogP contribution in [0.3, 0.4) is 0 Å². The maximum absolute atomic E-state index is 8.40. The highest BCUT2D eigenvalue weighted by molar-refractivity contribution is 5.94. The Hall–Kier alpha value is 0.0338. The van der Waals surface area contributed by atoms with Crippen LogP contribution in [0.5, 0.6) is 0 Å². The monoisotopic (exact) mass is 92.0 g/mol. The first-order valence-corrected chi connectivity index (χ1v) is 1.22. The third-order valence-electron chi connectivity index (χ3n) is 0. The molecule has 0 aromatic carbocycles. The van der Waals surface area contributed by atoms with Gasteiger partial charge >= 0.3 is 9.29 Å². The molecule has 4 heavy (non-hydrogen) atoms. The van der Waals surface area contributed by atoms with E-state index in [-0.39, 0.29) is 11.0 Å². The SMILES string of the molecule is O=[Si]=O.[SiH4]. The highest BCUT2D eigenvalue weighted by Gasteiger charge is 1.22. The fourth-order valence-corrected chi connectivity index (χ4v) is 0. The van der Waals surface area contributed by atoms with Gasteiger partial charge in [0.25, 0.3) is 0 Å². The molecule has 0 spiro atoms. The Bertz CT molecular complexity index is 25.0. The predicted octanol–water partition coefficient (Wildman–Crippen LogP) is -2.07. The second kappa shape index (κ2) is 11.7. The van der Waals surface area contributed by atoms with Crippen molar-refractivity contribution in [3.63, 3.8) is 0 Å². The van der Waals surface area contributed by atoms with E-state index in [4.69, 9.17) is 8.92 Å². The third kappa shape index (κ3) is 1910. The Balaban J connectivity index is 0. The Morgan fingerprint density at radius 3 is 1.25 bits per heavy atom. The molecule has 0 aliphatic rings. The van der Waals surface area contributed by atoms with Crippen molar-refractivity contribution in [2.24, 2.45) is 0 Å². The van der Waals surface area contributed by atoms with Crippen LogP contribution in [0.4, 0.5) is 0 Å². The predicted molar refractivity (Wildman–Crippen MR) is 18.5 cm³/mol. The van der Waals surface area contributed by atoms with Crippen LogP contribution in [0.2, 0.25) is 0 Å². The van der Waals surface area contributed by atoms with E-state index in [0.29, 0.717) is 0 Å². The molecule has 0 aromatic heterocycles. The second-order valence-electron chi connectivity index (χ2n) is 0.0833. The quantitative estimate of drug-likeness (QED) is 0.322. The van der Waals surface area contributed by atoms with E-state index >= 15 is 0 Å². The molecule has 0 unspecified atom stereocenters. The maximum atomic E-state index is 8.40. The molecule has 0 aliphatic carbocycles. The Morgan fingerprint density at radius 2 is 1.25 bits per heavy atom. The summed E-state index contributed by atoms with van der Waals surface area (Å²) in [5.74, 6) is 0. The van der Waals surface area contributed by atoms with Crippen LogP contribution in [-0.2, 0) is 8.92 Å². The first-order valence-electron chi connectivity index (χ1n) is 0.408. The van der Waals surface area contributed by atoms with Gasteiger partial charge in [-0.1, -0.05) is 0 Å². The summed E-state index contributed by atoms with van der Waals surface area (Å²) >= 11 is 0. The molecule has 0 saturated heterocycles. The van der Waals surface area contributed by atoms with Crippen molar-refractivity contribution in [3.05, 3.63) is 0 Å². The molecule has 4 heteroatoms. The van der Waals surface area contributed by atoms with Gasteiger partial charge in [0.05, 0.1) is 0 Å². The lowest BCUT2D eigenvalue weighted by Crippen LogP contribution is -1.26. The zero-order chi connectivity index (χ0) is 2.71. The van der Waals surface area contributed by atoms with Crippen molar-refractivity contribution < 1.29 is 8.92 Å². The van der Waals surface area contributed by atoms with Gasteiger partial charge in [-0.2, -0.15) is 0 Å². The van der Waals surface area contributed by atoms with Gasteiger partial charge in [-0.3, -0.25) is 8.92 Å². The van der Waals surface area contributed by atoms with Gasteiger partial charge in [0.1, 0.15) is 0 Å². The summed E-state index contributed by atoms with van der Waals surface area (Å²) in [4.78, 5) is 0. The molecule has 2 nitrogen and oxygen atoms in total. The van der Waals surface area contributed by atoms with Crippen LogP contribution in [0.15, 0.2) is 0 Å². The zero-order valence-corrected chi connectivity index (χ0v) is 2.32.